The summed E-state index contributed by atoms with van der Waals surface area (Å²) in [6.45, 7) is 2.11. The van der Waals surface area contributed by atoms with E-state index in [-0.39, 0.29) is 0 Å². The number of anilines is 1. The number of hydrogen-bond donors (Lipinski definition) is 1. The van der Waals surface area contributed by atoms with Gasteiger partial charge in [-0.1, -0.05) is 23.5 Å². The van der Waals surface area contributed by atoms with E-state index in [2.05, 4.69) is 35.4 Å². The van der Waals surface area contributed by atoms with Gasteiger partial charge < -0.3 is 10.1 Å². The Balaban J connectivity index is 1.76. The van der Waals surface area contributed by atoms with Crippen molar-refractivity contribution in [3.8, 4) is 0 Å². The van der Waals surface area contributed by atoms with E-state index < -0.39 is 0 Å². The maximum atomic E-state index is 5.28. The van der Waals surface area contributed by atoms with Crippen molar-refractivity contribution in [1.82, 2.24) is 4.98 Å². The molecule has 3 rings (SSSR count). The number of aromatic nitrogens is 1. The summed E-state index contributed by atoms with van der Waals surface area (Å²) in [7, 11) is 1.78. The molecule has 4 heteroatoms. The topological polar surface area (TPSA) is 34.1 Å². The molecule has 2 aromatic rings. The Morgan fingerprint density at radius 2 is 2.24 bits per heavy atom. The van der Waals surface area contributed by atoms with Crippen molar-refractivity contribution in [2.45, 2.75) is 31.9 Å². The minimum Gasteiger partial charge on any atom is -0.381 e. The van der Waals surface area contributed by atoms with Gasteiger partial charge in [0.25, 0.3) is 0 Å². The summed E-state index contributed by atoms with van der Waals surface area (Å²) in [4.78, 5) is 4.65. The average Bonchev–Trinajstić information content (AvgIpc) is 2.67. The minimum absolute atomic E-state index is 0.434. The van der Waals surface area contributed by atoms with Crippen LogP contribution in [0.15, 0.2) is 18.2 Å². The van der Waals surface area contributed by atoms with Crippen molar-refractivity contribution in [2.75, 3.05) is 12.4 Å². The van der Waals surface area contributed by atoms with Crippen LogP contribution in [0, 0.1) is 6.92 Å². The van der Waals surface area contributed by atoms with E-state index in [0.717, 1.165) is 23.5 Å². The van der Waals surface area contributed by atoms with Crippen LogP contribution >= 0.6 is 11.3 Å². The fourth-order valence-electron chi connectivity index (χ4n) is 2.20. The van der Waals surface area contributed by atoms with Gasteiger partial charge in [-0.05, 0) is 31.4 Å². The zero-order valence-corrected chi connectivity index (χ0v) is 10.9. The highest BCUT2D eigenvalue weighted by Crippen LogP contribution is 2.31. The van der Waals surface area contributed by atoms with E-state index in [0.29, 0.717) is 12.1 Å². The molecule has 90 valence electrons. The molecule has 0 radical (unpaired) electrons. The lowest BCUT2D eigenvalue weighted by Gasteiger charge is -2.34. The van der Waals surface area contributed by atoms with Crippen LogP contribution in [0.2, 0.25) is 0 Å². The van der Waals surface area contributed by atoms with Gasteiger partial charge >= 0.3 is 0 Å². The second-order valence-corrected chi connectivity index (χ2v) is 5.64. The van der Waals surface area contributed by atoms with E-state index in [1.54, 1.807) is 18.4 Å². The standard InChI is InChI=1S/C13H16N2OS/c1-8-4-3-5-11-12(8)15-13(17-11)14-9-6-10(7-9)16-2/h3-5,9-10H,6-7H2,1-2H3,(H,14,15). The smallest absolute Gasteiger partial charge is 0.184 e. The van der Waals surface area contributed by atoms with Gasteiger partial charge in [-0.25, -0.2) is 4.98 Å². The van der Waals surface area contributed by atoms with Crippen LogP contribution in [0.25, 0.3) is 10.2 Å². The zero-order chi connectivity index (χ0) is 11.8. The molecule has 0 unspecified atom stereocenters. The van der Waals surface area contributed by atoms with E-state index in [1.807, 2.05) is 0 Å². The maximum Gasteiger partial charge on any atom is 0.184 e. The van der Waals surface area contributed by atoms with Gasteiger partial charge in [0.15, 0.2) is 5.13 Å². The van der Waals surface area contributed by atoms with Crippen LogP contribution in [0.4, 0.5) is 5.13 Å². The minimum atomic E-state index is 0.434. The van der Waals surface area contributed by atoms with Crippen molar-refractivity contribution < 1.29 is 4.74 Å². The van der Waals surface area contributed by atoms with Gasteiger partial charge in [-0.15, -0.1) is 0 Å². The SMILES string of the molecule is COC1CC(Nc2nc3c(C)cccc3s2)C1. The lowest BCUT2D eigenvalue weighted by molar-refractivity contribution is 0.0329. The lowest BCUT2D eigenvalue weighted by Crippen LogP contribution is -2.40. The number of rotatable bonds is 3. The highest BCUT2D eigenvalue weighted by molar-refractivity contribution is 7.22. The molecule has 0 amide bonds. The second kappa shape index (κ2) is 4.27. The fraction of sp³-hybridized carbons (Fsp3) is 0.462. The highest BCUT2D eigenvalue weighted by Gasteiger charge is 2.29. The summed E-state index contributed by atoms with van der Waals surface area (Å²) in [5, 5.41) is 4.52. The first-order chi connectivity index (χ1) is 8.26. The fourth-order valence-corrected chi connectivity index (χ4v) is 3.22. The molecule has 1 aromatic carbocycles. The molecule has 0 aliphatic heterocycles. The van der Waals surface area contributed by atoms with Gasteiger partial charge in [0.1, 0.15) is 0 Å². The third kappa shape index (κ3) is 2.03. The Labute approximate surface area is 105 Å². The van der Waals surface area contributed by atoms with Gasteiger partial charge in [-0.2, -0.15) is 0 Å². The molecular weight excluding hydrogens is 232 g/mol. The molecule has 0 bridgehead atoms. The summed E-state index contributed by atoms with van der Waals surface area (Å²) in [6.07, 6.45) is 2.61. The van der Waals surface area contributed by atoms with E-state index >= 15 is 0 Å². The molecule has 1 N–H and O–H groups in total. The number of nitrogens with zero attached hydrogens (tertiary/aromatic N) is 1. The molecule has 1 aliphatic rings. The Bertz CT molecular complexity index is 531. The summed E-state index contributed by atoms with van der Waals surface area (Å²) in [5.74, 6) is 0. The van der Waals surface area contributed by atoms with Crippen LogP contribution in [0.5, 0.6) is 0 Å². The largest absolute Gasteiger partial charge is 0.381 e. The summed E-state index contributed by atoms with van der Waals surface area (Å²) < 4.78 is 6.53. The molecule has 17 heavy (non-hydrogen) atoms. The molecular formula is C13H16N2OS. The molecule has 1 heterocycles. The summed E-state index contributed by atoms with van der Waals surface area (Å²) in [5.41, 5.74) is 2.37. The number of nitrogens with one attached hydrogen (secondary N) is 1. The lowest BCUT2D eigenvalue weighted by atomic mass is 9.89. The Morgan fingerprint density at radius 1 is 1.41 bits per heavy atom. The number of aryl methyl sites for hydroxylation is 1. The predicted molar refractivity (Wildman–Crippen MR) is 71.8 cm³/mol. The molecule has 1 aromatic heterocycles. The number of para-hydroxylation sites is 1. The number of hydrogen-bond acceptors (Lipinski definition) is 4. The van der Waals surface area contributed by atoms with Gasteiger partial charge in [0.2, 0.25) is 0 Å². The van der Waals surface area contributed by atoms with Crippen molar-refractivity contribution in [3.05, 3.63) is 23.8 Å². The molecule has 3 nitrogen and oxygen atoms in total. The number of benzene rings is 1. The van der Waals surface area contributed by atoms with Gasteiger partial charge in [0, 0.05) is 13.2 Å². The van der Waals surface area contributed by atoms with Crippen LogP contribution in [0.1, 0.15) is 18.4 Å². The third-order valence-corrected chi connectivity index (χ3v) is 4.33. The molecule has 1 aliphatic carbocycles. The van der Waals surface area contributed by atoms with E-state index in [9.17, 15) is 0 Å². The first kappa shape index (κ1) is 11.0. The second-order valence-electron chi connectivity index (χ2n) is 4.61. The van der Waals surface area contributed by atoms with Gasteiger partial charge in [0.05, 0.1) is 16.3 Å². The monoisotopic (exact) mass is 248 g/mol. The first-order valence-corrected chi connectivity index (χ1v) is 6.73. The predicted octanol–water partition coefficient (Wildman–Crippen LogP) is 3.19. The van der Waals surface area contributed by atoms with Crippen molar-refractivity contribution >= 4 is 26.7 Å². The van der Waals surface area contributed by atoms with Crippen molar-refractivity contribution in [1.29, 1.82) is 0 Å². The normalized spacial score (nSPS) is 23.6. The zero-order valence-electron chi connectivity index (χ0n) is 10.1. The number of thiazole rings is 1. The Kier molecular flexibility index (Phi) is 2.76. The van der Waals surface area contributed by atoms with Crippen molar-refractivity contribution in [3.63, 3.8) is 0 Å². The molecule has 0 saturated heterocycles. The Morgan fingerprint density at radius 3 is 2.94 bits per heavy atom. The number of ether oxygens (including phenoxy) is 1. The Hall–Kier alpha value is -1.13. The van der Waals surface area contributed by atoms with Crippen LogP contribution < -0.4 is 5.32 Å². The highest BCUT2D eigenvalue weighted by atomic mass is 32.1. The maximum absolute atomic E-state index is 5.28. The molecule has 0 spiro atoms. The van der Waals surface area contributed by atoms with Crippen LogP contribution in [-0.4, -0.2) is 24.2 Å². The molecule has 0 atom stereocenters. The summed E-state index contributed by atoms with van der Waals surface area (Å²) in [6, 6.07) is 6.85. The van der Waals surface area contributed by atoms with E-state index in [1.165, 1.54) is 10.3 Å². The van der Waals surface area contributed by atoms with Crippen LogP contribution in [0.3, 0.4) is 0 Å². The molecule has 1 fully saturated rings. The number of fused-ring (bicyclic) bond motifs is 1. The average molecular weight is 248 g/mol. The van der Waals surface area contributed by atoms with Crippen molar-refractivity contribution in [2.24, 2.45) is 0 Å². The first-order valence-electron chi connectivity index (χ1n) is 5.92. The van der Waals surface area contributed by atoms with E-state index in [4.69, 9.17) is 4.74 Å². The third-order valence-electron chi connectivity index (χ3n) is 3.38. The van der Waals surface area contributed by atoms with Gasteiger partial charge in [-0.3, -0.25) is 0 Å². The quantitative estimate of drug-likeness (QED) is 0.905. The number of methoxy groups -OCH3 is 1. The molecule has 1 saturated carbocycles. The summed E-state index contributed by atoms with van der Waals surface area (Å²) >= 11 is 1.73. The van der Waals surface area contributed by atoms with Crippen LogP contribution in [-0.2, 0) is 4.74 Å².